The molecule has 0 aromatic heterocycles. The van der Waals surface area contributed by atoms with Crippen LogP contribution in [0.4, 0.5) is 0 Å². The molecule has 0 saturated carbocycles. The summed E-state index contributed by atoms with van der Waals surface area (Å²) in [6, 6.07) is 16.5. The van der Waals surface area contributed by atoms with Crippen molar-refractivity contribution in [2.75, 3.05) is 26.2 Å². The van der Waals surface area contributed by atoms with Crippen molar-refractivity contribution in [2.45, 2.75) is 31.9 Å². The van der Waals surface area contributed by atoms with E-state index >= 15 is 0 Å². The van der Waals surface area contributed by atoms with Gasteiger partial charge in [-0.25, -0.2) is 0 Å². The first kappa shape index (κ1) is 17.6. The lowest BCUT2D eigenvalue weighted by Crippen LogP contribution is -2.43. The molecule has 2 aromatic rings. The summed E-state index contributed by atoms with van der Waals surface area (Å²) >= 11 is 0. The van der Waals surface area contributed by atoms with Crippen molar-refractivity contribution in [3.05, 3.63) is 59.7 Å². The molecule has 146 valence electrons. The molecule has 2 saturated heterocycles. The van der Waals surface area contributed by atoms with E-state index in [1.165, 1.54) is 5.56 Å². The van der Waals surface area contributed by atoms with Gasteiger partial charge in [-0.2, -0.15) is 0 Å². The SMILES string of the molecule is O=C1NCCC12CCN(Cc1ccc([C@H]3COc4ccccc4O3)cc1)CC2. The van der Waals surface area contributed by atoms with Crippen molar-refractivity contribution in [2.24, 2.45) is 5.41 Å². The van der Waals surface area contributed by atoms with E-state index < -0.39 is 0 Å². The maximum atomic E-state index is 12.1. The number of para-hydroxylation sites is 2. The second-order valence-corrected chi connectivity index (χ2v) is 8.17. The summed E-state index contributed by atoms with van der Waals surface area (Å²) in [5.41, 5.74) is 2.35. The van der Waals surface area contributed by atoms with E-state index in [1.54, 1.807) is 0 Å². The van der Waals surface area contributed by atoms with E-state index in [0.29, 0.717) is 6.61 Å². The fraction of sp³-hybridized carbons (Fsp3) is 0.435. The minimum atomic E-state index is -0.0883. The number of likely N-dealkylation sites (tertiary alicyclic amines) is 1. The normalized spacial score (nSPS) is 23.6. The van der Waals surface area contributed by atoms with E-state index in [0.717, 1.165) is 62.5 Å². The van der Waals surface area contributed by atoms with E-state index in [9.17, 15) is 4.79 Å². The van der Waals surface area contributed by atoms with Gasteiger partial charge in [-0.05, 0) is 55.6 Å². The number of hydrogen-bond donors (Lipinski definition) is 1. The number of nitrogens with zero attached hydrogens (tertiary/aromatic N) is 1. The van der Waals surface area contributed by atoms with Crippen LogP contribution in [0, 0.1) is 5.41 Å². The third kappa shape index (κ3) is 3.24. The maximum Gasteiger partial charge on any atom is 0.226 e. The van der Waals surface area contributed by atoms with Crippen LogP contribution in [-0.2, 0) is 11.3 Å². The number of ether oxygens (including phenoxy) is 2. The van der Waals surface area contributed by atoms with Gasteiger partial charge >= 0.3 is 0 Å². The van der Waals surface area contributed by atoms with Crippen LogP contribution in [-0.4, -0.2) is 37.0 Å². The van der Waals surface area contributed by atoms with Gasteiger partial charge in [0.2, 0.25) is 5.91 Å². The number of fused-ring (bicyclic) bond motifs is 1. The lowest BCUT2D eigenvalue weighted by molar-refractivity contribution is -0.130. The average Bonchev–Trinajstić information content (AvgIpc) is 3.10. The molecule has 0 bridgehead atoms. The van der Waals surface area contributed by atoms with E-state index in [1.807, 2.05) is 24.3 Å². The molecule has 3 aliphatic rings. The van der Waals surface area contributed by atoms with Crippen LogP contribution in [0.5, 0.6) is 11.5 Å². The van der Waals surface area contributed by atoms with Gasteiger partial charge in [0.15, 0.2) is 17.6 Å². The fourth-order valence-corrected chi connectivity index (χ4v) is 4.61. The van der Waals surface area contributed by atoms with Crippen LogP contribution in [0.25, 0.3) is 0 Å². The van der Waals surface area contributed by atoms with Crippen LogP contribution in [0.1, 0.15) is 36.5 Å². The summed E-state index contributed by atoms with van der Waals surface area (Å²) < 4.78 is 11.9. The van der Waals surface area contributed by atoms with Gasteiger partial charge in [-0.15, -0.1) is 0 Å². The zero-order valence-corrected chi connectivity index (χ0v) is 16.0. The molecule has 5 heteroatoms. The molecular weight excluding hydrogens is 352 g/mol. The number of carbonyl (C=O) groups is 1. The van der Waals surface area contributed by atoms with Gasteiger partial charge in [0.05, 0.1) is 5.41 Å². The van der Waals surface area contributed by atoms with Gasteiger partial charge in [0.1, 0.15) is 6.61 Å². The zero-order chi connectivity index (χ0) is 19.0. The first-order valence-corrected chi connectivity index (χ1v) is 10.2. The fourth-order valence-electron chi connectivity index (χ4n) is 4.61. The Balaban J connectivity index is 1.19. The Bertz CT molecular complexity index is 856. The Morgan fingerprint density at radius 2 is 1.75 bits per heavy atom. The predicted octanol–water partition coefficient (Wildman–Crippen LogP) is 3.30. The summed E-state index contributed by atoms with van der Waals surface area (Å²) in [4.78, 5) is 14.6. The molecule has 0 unspecified atom stereocenters. The summed E-state index contributed by atoms with van der Waals surface area (Å²) in [5, 5.41) is 3.01. The van der Waals surface area contributed by atoms with Crippen molar-refractivity contribution < 1.29 is 14.3 Å². The smallest absolute Gasteiger partial charge is 0.226 e. The second kappa shape index (κ2) is 7.13. The molecule has 5 rings (SSSR count). The molecule has 3 aliphatic heterocycles. The highest BCUT2D eigenvalue weighted by molar-refractivity contribution is 5.84. The number of benzene rings is 2. The Morgan fingerprint density at radius 3 is 2.46 bits per heavy atom. The van der Waals surface area contributed by atoms with Gasteiger partial charge in [-0.1, -0.05) is 36.4 Å². The number of piperidine rings is 1. The van der Waals surface area contributed by atoms with Crippen molar-refractivity contribution in [3.63, 3.8) is 0 Å². The summed E-state index contributed by atoms with van der Waals surface area (Å²) in [6.07, 6.45) is 2.88. The largest absolute Gasteiger partial charge is 0.485 e. The Morgan fingerprint density at radius 1 is 1.00 bits per heavy atom. The predicted molar refractivity (Wildman–Crippen MR) is 106 cm³/mol. The van der Waals surface area contributed by atoms with Gasteiger partial charge in [0, 0.05) is 13.1 Å². The van der Waals surface area contributed by atoms with E-state index in [4.69, 9.17) is 9.47 Å². The van der Waals surface area contributed by atoms with Crippen molar-refractivity contribution in [1.82, 2.24) is 10.2 Å². The molecule has 3 heterocycles. The number of amides is 1. The molecule has 1 spiro atoms. The van der Waals surface area contributed by atoms with Crippen molar-refractivity contribution in [3.8, 4) is 11.5 Å². The number of hydrogen-bond acceptors (Lipinski definition) is 4. The molecule has 28 heavy (non-hydrogen) atoms. The number of carbonyl (C=O) groups excluding carboxylic acids is 1. The van der Waals surface area contributed by atoms with Gasteiger partial charge in [0.25, 0.3) is 0 Å². The number of rotatable bonds is 3. The van der Waals surface area contributed by atoms with E-state index in [-0.39, 0.29) is 17.4 Å². The Labute approximate surface area is 165 Å². The minimum Gasteiger partial charge on any atom is -0.485 e. The van der Waals surface area contributed by atoms with Crippen LogP contribution < -0.4 is 14.8 Å². The lowest BCUT2D eigenvalue weighted by atomic mass is 9.77. The Kier molecular flexibility index (Phi) is 4.47. The monoisotopic (exact) mass is 378 g/mol. The number of nitrogens with one attached hydrogen (secondary N) is 1. The van der Waals surface area contributed by atoms with E-state index in [2.05, 4.69) is 34.5 Å². The average molecular weight is 378 g/mol. The quantitative estimate of drug-likeness (QED) is 0.890. The minimum absolute atomic E-state index is 0.0697. The van der Waals surface area contributed by atoms with Crippen molar-refractivity contribution in [1.29, 1.82) is 0 Å². The first-order valence-electron chi connectivity index (χ1n) is 10.2. The zero-order valence-electron chi connectivity index (χ0n) is 16.0. The molecule has 0 radical (unpaired) electrons. The van der Waals surface area contributed by atoms with Crippen LogP contribution in [0.2, 0.25) is 0 Å². The molecule has 1 amide bonds. The Hall–Kier alpha value is -2.53. The summed E-state index contributed by atoms with van der Waals surface area (Å²) in [5.74, 6) is 1.89. The third-order valence-electron chi connectivity index (χ3n) is 6.45. The summed E-state index contributed by atoms with van der Waals surface area (Å²) in [7, 11) is 0. The molecule has 5 nitrogen and oxygen atoms in total. The van der Waals surface area contributed by atoms with Gasteiger partial charge < -0.3 is 14.8 Å². The molecule has 1 N–H and O–H groups in total. The standard InChI is InChI=1S/C23H26N2O3/c26-22-23(9-12-24-22)10-13-25(14-11-23)15-17-5-7-18(8-6-17)21-16-27-19-3-1-2-4-20(19)28-21/h1-8,21H,9-16H2,(H,24,26)/t21-/m1/s1. The second-order valence-electron chi connectivity index (χ2n) is 8.17. The maximum absolute atomic E-state index is 12.1. The molecular formula is C23H26N2O3. The lowest BCUT2D eigenvalue weighted by Gasteiger charge is -2.37. The van der Waals surface area contributed by atoms with Crippen LogP contribution >= 0.6 is 0 Å². The first-order chi connectivity index (χ1) is 13.7. The third-order valence-corrected chi connectivity index (χ3v) is 6.45. The molecule has 1 atom stereocenters. The highest BCUT2D eigenvalue weighted by atomic mass is 16.6. The van der Waals surface area contributed by atoms with Crippen molar-refractivity contribution >= 4 is 5.91 Å². The summed E-state index contributed by atoms with van der Waals surface area (Å²) in [6.45, 7) is 4.30. The molecule has 2 fully saturated rings. The van der Waals surface area contributed by atoms with Crippen LogP contribution in [0.3, 0.4) is 0 Å². The highest BCUT2D eigenvalue weighted by Crippen LogP contribution is 2.38. The molecule has 2 aromatic carbocycles. The highest BCUT2D eigenvalue weighted by Gasteiger charge is 2.44. The van der Waals surface area contributed by atoms with Gasteiger partial charge in [-0.3, -0.25) is 9.69 Å². The molecule has 0 aliphatic carbocycles. The van der Waals surface area contributed by atoms with Crippen LogP contribution in [0.15, 0.2) is 48.5 Å². The topological polar surface area (TPSA) is 50.8 Å².